The second-order valence-corrected chi connectivity index (χ2v) is 8.16. The molecule has 1 fully saturated rings. The lowest BCUT2D eigenvalue weighted by Crippen LogP contribution is -2.49. The third-order valence-corrected chi connectivity index (χ3v) is 6.26. The van der Waals surface area contributed by atoms with E-state index in [1.54, 1.807) is 12.1 Å². The van der Waals surface area contributed by atoms with Gasteiger partial charge in [0.2, 0.25) is 10.0 Å². The molecule has 2 aromatic rings. The molecule has 0 atom stereocenters. The van der Waals surface area contributed by atoms with E-state index >= 15 is 0 Å². The number of nitrogens with one attached hydrogen (secondary N) is 1. The lowest BCUT2D eigenvalue weighted by Gasteiger charge is -2.34. The van der Waals surface area contributed by atoms with Gasteiger partial charge in [-0.3, -0.25) is 0 Å². The molecular weight excluding hydrogens is 395 g/mol. The first-order valence-electron chi connectivity index (χ1n) is 8.72. The lowest BCUT2D eigenvalue weighted by molar-refractivity contribution is -0.137. The fourth-order valence-corrected chi connectivity index (χ4v) is 4.38. The first-order chi connectivity index (χ1) is 13.2. The summed E-state index contributed by atoms with van der Waals surface area (Å²) in [6.45, 7) is 3.70. The largest absolute Gasteiger partial charge is 0.416 e. The number of benzene rings is 1. The molecule has 1 aliphatic rings. The Kier molecular flexibility index (Phi) is 5.75. The Morgan fingerprint density at radius 2 is 1.79 bits per heavy atom. The van der Waals surface area contributed by atoms with Crippen molar-refractivity contribution in [2.45, 2.75) is 18.0 Å². The number of halogens is 3. The summed E-state index contributed by atoms with van der Waals surface area (Å²) in [6.07, 6.45) is -4.60. The van der Waals surface area contributed by atoms with Crippen LogP contribution in [0.3, 0.4) is 0 Å². The number of alkyl halides is 3. The average molecular weight is 415 g/mol. The van der Waals surface area contributed by atoms with Crippen LogP contribution in [0.25, 0.3) is 0 Å². The highest BCUT2D eigenvalue weighted by Crippen LogP contribution is 2.31. The number of aromatic nitrogens is 2. The van der Waals surface area contributed by atoms with E-state index in [0.29, 0.717) is 30.8 Å². The highest BCUT2D eigenvalue weighted by molar-refractivity contribution is 7.89. The number of hydrogen-bond acceptors (Lipinski definition) is 6. The smallest absolute Gasteiger partial charge is 0.369 e. The molecule has 1 aliphatic heterocycles. The van der Waals surface area contributed by atoms with Crippen molar-refractivity contribution in [3.8, 4) is 0 Å². The van der Waals surface area contributed by atoms with E-state index in [2.05, 4.69) is 15.5 Å². The van der Waals surface area contributed by atoms with Gasteiger partial charge in [0.25, 0.3) is 0 Å². The van der Waals surface area contributed by atoms with Crippen molar-refractivity contribution in [2.75, 3.05) is 42.9 Å². The molecule has 0 saturated carbocycles. The van der Waals surface area contributed by atoms with E-state index in [4.69, 9.17) is 0 Å². The summed E-state index contributed by atoms with van der Waals surface area (Å²) >= 11 is 0. The third-order valence-electron chi connectivity index (χ3n) is 4.37. The quantitative estimate of drug-likeness (QED) is 0.808. The number of nitrogens with zero attached hydrogens (tertiary/aromatic N) is 4. The maximum atomic E-state index is 12.9. The van der Waals surface area contributed by atoms with E-state index in [9.17, 15) is 21.6 Å². The van der Waals surface area contributed by atoms with E-state index in [1.165, 1.54) is 10.4 Å². The first kappa shape index (κ1) is 20.3. The van der Waals surface area contributed by atoms with Crippen LogP contribution in [0.4, 0.5) is 24.8 Å². The molecule has 1 saturated heterocycles. The Bertz CT molecular complexity index is 911. The standard InChI is InChI=1S/C17H20F3N5O2S/c1-2-21-15-6-7-16(23-22-15)24-8-10-25(11-9-24)28(26,27)14-5-3-4-13(12-14)17(18,19)20/h3-7,12H,2,8-11H2,1H3,(H,21,22). The van der Waals surface area contributed by atoms with E-state index in [1.807, 2.05) is 11.8 Å². The molecule has 11 heteroatoms. The minimum absolute atomic E-state index is 0.148. The molecule has 0 amide bonds. The fraction of sp³-hybridized carbons (Fsp3) is 0.412. The van der Waals surface area contributed by atoms with E-state index in [0.717, 1.165) is 18.7 Å². The van der Waals surface area contributed by atoms with Gasteiger partial charge in [-0.15, -0.1) is 10.2 Å². The Morgan fingerprint density at radius 1 is 1.07 bits per heavy atom. The highest BCUT2D eigenvalue weighted by Gasteiger charge is 2.34. The van der Waals surface area contributed by atoms with Gasteiger partial charge in [0, 0.05) is 32.7 Å². The molecule has 0 radical (unpaired) electrons. The molecule has 3 rings (SSSR count). The zero-order valence-electron chi connectivity index (χ0n) is 15.1. The second kappa shape index (κ2) is 7.92. The Balaban J connectivity index is 1.70. The van der Waals surface area contributed by atoms with Gasteiger partial charge >= 0.3 is 6.18 Å². The van der Waals surface area contributed by atoms with E-state index < -0.39 is 21.8 Å². The van der Waals surface area contributed by atoms with Gasteiger partial charge in [-0.25, -0.2) is 8.42 Å². The first-order valence-corrected chi connectivity index (χ1v) is 10.2. The van der Waals surface area contributed by atoms with Crippen LogP contribution in [0.5, 0.6) is 0 Å². The van der Waals surface area contributed by atoms with Crippen molar-refractivity contribution in [3.05, 3.63) is 42.0 Å². The van der Waals surface area contributed by atoms with Gasteiger partial charge in [0.15, 0.2) is 5.82 Å². The normalized spacial score (nSPS) is 16.2. The molecule has 7 nitrogen and oxygen atoms in total. The van der Waals surface area contributed by atoms with Gasteiger partial charge in [-0.05, 0) is 37.3 Å². The summed E-state index contributed by atoms with van der Waals surface area (Å²) in [6, 6.07) is 7.40. The maximum absolute atomic E-state index is 12.9. The van der Waals surface area contributed by atoms with Crippen LogP contribution >= 0.6 is 0 Å². The summed E-state index contributed by atoms with van der Waals surface area (Å²) < 4.78 is 65.3. The highest BCUT2D eigenvalue weighted by atomic mass is 32.2. The van der Waals surface area contributed by atoms with Crippen LogP contribution in [0.15, 0.2) is 41.3 Å². The minimum atomic E-state index is -4.60. The van der Waals surface area contributed by atoms with Crippen LogP contribution in [-0.4, -0.2) is 55.6 Å². The molecule has 2 heterocycles. The number of hydrogen-bond donors (Lipinski definition) is 1. The summed E-state index contributed by atoms with van der Waals surface area (Å²) in [4.78, 5) is 1.53. The van der Waals surface area contributed by atoms with Crippen molar-refractivity contribution in [2.24, 2.45) is 0 Å². The summed E-state index contributed by atoms with van der Waals surface area (Å²) in [5.41, 5.74) is -0.983. The maximum Gasteiger partial charge on any atom is 0.416 e. The molecular formula is C17H20F3N5O2S. The van der Waals surface area contributed by atoms with Crippen LogP contribution in [0, 0.1) is 0 Å². The van der Waals surface area contributed by atoms with Crippen LogP contribution in [-0.2, 0) is 16.2 Å². The topological polar surface area (TPSA) is 78.4 Å². The fourth-order valence-electron chi connectivity index (χ4n) is 2.91. The SMILES string of the molecule is CCNc1ccc(N2CCN(S(=O)(=O)c3cccc(C(F)(F)F)c3)CC2)nn1. The van der Waals surface area contributed by atoms with Crippen LogP contribution < -0.4 is 10.2 Å². The average Bonchev–Trinajstić information content (AvgIpc) is 2.68. The molecule has 0 spiro atoms. The van der Waals surface area contributed by atoms with Crippen molar-refractivity contribution >= 4 is 21.7 Å². The Hall–Kier alpha value is -2.40. The molecule has 1 aromatic heterocycles. The van der Waals surface area contributed by atoms with Crippen LogP contribution in [0.2, 0.25) is 0 Å². The van der Waals surface area contributed by atoms with E-state index in [-0.39, 0.29) is 18.0 Å². The number of piperazine rings is 1. The number of rotatable bonds is 5. The Labute approximate surface area is 161 Å². The number of anilines is 2. The molecule has 0 aliphatic carbocycles. The molecule has 1 aromatic carbocycles. The predicted molar refractivity (Wildman–Crippen MR) is 98.6 cm³/mol. The zero-order valence-corrected chi connectivity index (χ0v) is 16.0. The summed E-state index contributed by atoms with van der Waals surface area (Å²) in [7, 11) is -4.00. The zero-order chi connectivity index (χ0) is 20.4. The molecule has 0 bridgehead atoms. The summed E-state index contributed by atoms with van der Waals surface area (Å²) in [5.74, 6) is 1.27. The molecule has 1 N–H and O–H groups in total. The third kappa shape index (κ3) is 4.36. The minimum Gasteiger partial charge on any atom is -0.369 e. The van der Waals surface area contributed by atoms with Crippen molar-refractivity contribution in [1.82, 2.24) is 14.5 Å². The van der Waals surface area contributed by atoms with Crippen molar-refractivity contribution in [1.29, 1.82) is 0 Å². The second-order valence-electron chi connectivity index (χ2n) is 6.22. The molecule has 28 heavy (non-hydrogen) atoms. The summed E-state index contributed by atoms with van der Waals surface area (Å²) in [5, 5.41) is 11.2. The van der Waals surface area contributed by atoms with Crippen LogP contribution in [0.1, 0.15) is 12.5 Å². The monoisotopic (exact) mass is 415 g/mol. The van der Waals surface area contributed by atoms with Gasteiger partial charge in [-0.1, -0.05) is 6.07 Å². The Morgan fingerprint density at radius 3 is 2.36 bits per heavy atom. The van der Waals surface area contributed by atoms with Gasteiger partial charge < -0.3 is 10.2 Å². The lowest BCUT2D eigenvalue weighted by atomic mass is 10.2. The van der Waals surface area contributed by atoms with Gasteiger partial charge in [0.05, 0.1) is 10.5 Å². The predicted octanol–water partition coefficient (Wildman–Crippen LogP) is 2.44. The van der Waals surface area contributed by atoms with Crippen molar-refractivity contribution < 1.29 is 21.6 Å². The number of sulfonamides is 1. The van der Waals surface area contributed by atoms with Crippen molar-refractivity contribution in [3.63, 3.8) is 0 Å². The molecule has 0 unspecified atom stereocenters. The van der Waals surface area contributed by atoms with Gasteiger partial charge in [0.1, 0.15) is 5.82 Å². The van der Waals surface area contributed by atoms with Gasteiger partial charge in [-0.2, -0.15) is 17.5 Å². The molecule has 152 valence electrons.